The van der Waals surface area contributed by atoms with Crippen molar-refractivity contribution in [1.29, 1.82) is 0 Å². The van der Waals surface area contributed by atoms with Crippen LogP contribution in [0.2, 0.25) is 0 Å². The van der Waals surface area contributed by atoms with E-state index in [9.17, 15) is 4.79 Å². The molecule has 4 rings (SSSR count). The van der Waals surface area contributed by atoms with Crippen LogP contribution in [0.1, 0.15) is 16.7 Å². The minimum Gasteiger partial charge on any atom is -0.496 e. The quantitative estimate of drug-likeness (QED) is 0.463. The molecular formula is C26H24N2O2S. The maximum Gasteiger partial charge on any atom is 0.266 e. The number of carbonyl (C=O) groups is 1. The summed E-state index contributed by atoms with van der Waals surface area (Å²) < 4.78 is 5.43. The highest BCUT2D eigenvalue weighted by atomic mass is 32.2. The summed E-state index contributed by atoms with van der Waals surface area (Å²) in [6.45, 7) is 2.58. The molecule has 0 aliphatic carbocycles. The number of hydrogen-bond acceptors (Lipinski definition) is 4. The summed E-state index contributed by atoms with van der Waals surface area (Å²) >= 11 is 1.42. The molecule has 1 amide bonds. The standard InChI is InChI=1S/C26H24N2O2S/c1-19-13-14-21(17-23(19)30-2)18-24-25(29)28(16-15-20-9-5-3-6-10-20)26(31-24)27-22-11-7-4-8-12-22/h3-14,17-18H,15-16H2,1-2H3/b24-18+,27-26?. The molecule has 31 heavy (non-hydrogen) atoms. The molecule has 1 fully saturated rings. The second-order valence-electron chi connectivity index (χ2n) is 7.26. The van der Waals surface area contributed by atoms with Gasteiger partial charge in [0.15, 0.2) is 5.17 Å². The Morgan fingerprint density at radius 3 is 2.42 bits per heavy atom. The smallest absolute Gasteiger partial charge is 0.266 e. The molecule has 4 nitrogen and oxygen atoms in total. The van der Waals surface area contributed by atoms with Crippen LogP contribution < -0.4 is 4.74 Å². The Morgan fingerprint density at radius 2 is 1.71 bits per heavy atom. The van der Waals surface area contributed by atoms with Gasteiger partial charge in [0.25, 0.3) is 5.91 Å². The third-order valence-corrected chi connectivity index (χ3v) is 6.07. The van der Waals surface area contributed by atoms with Crippen LogP contribution in [0.3, 0.4) is 0 Å². The van der Waals surface area contributed by atoms with Gasteiger partial charge in [-0.2, -0.15) is 0 Å². The van der Waals surface area contributed by atoms with Crippen molar-refractivity contribution >= 4 is 34.6 Å². The number of amidine groups is 1. The van der Waals surface area contributed by atoms with Gasteiger partial charge in [-0.1, -0.05) is 60.7 Å². The predicted molar refractivity (Wildman–Crippen MR) is 129 cm³/mol. The largest absolute Gasteiger partial charge is 0.496 e. The van der Waals surface area contributed by atoms with Gasteiger partial charge >= 0.3 is 0 Å². The Morgan fingerprint density at radius 1 is 1.00 bits per heavy atom. The molecule has 0 spiro atoms. The van der Waals surface area contributed by atoms with Crippen LogP contribution in [-0.4, -0.2) is 29.6 Å². The molecule has 1 aliphatic heterocycles. The van der Waals surface area contributed by atoms with E-state index < -0.39 is 0 Å². The number of aryl methyl sites for hydroxylation is 1. The first kappa shape index (κ1) is 20.9. The topological polar surface area (TPSA) is 41.9 Å². The van der Waals surface area contributed by atoms with Crippen molar-refractivity contribution in [2.24, 2.45) is 4.99 Å². The lowest BCUT2D eigenvalue weighted by molar-refractivity contribution is -0.122. The second kappa shape index (κ2) is 9.67. The third-order valence-electron chi connectivity index (χ3n) is 5.07. The average Bonchev–Trinajstić information content (AvgIpc) is 3.08. The number of nitrogens with zero attached hydrogens (tertiary/aromatic N) is 2. The van der Waals surface area contributed by atoms with Gasteiger partial charge in [0.1, 0.15) is 5.75 Å². The number of hydrogen-bond donors (Lipinski definition) is 0. The van der Waals surface area contributed by atoms with Crippen molar-refractivity contribution in [3.8, 4) is 5.75 Å². The van der Waals surface area contributed by atoms with E-state index in [1.165, 1.54) is 17.3 Å². The van der Waals surface area contributed by atoms with Crippen molar-refractivity contribution in [2.45, 2.75) is 13.3 Å². The number of carbonyl (C=O) groups excluding carboxylic acids is 1. The first-order chi connectivity index (χ1) is 15.1. The predicted octanol–water partition coefficient (Wildman–Crippen LogP) is 5.85. The van der Waals surface area contributed by atoms with Gasteiger partial charge in [-0.3, -0.25) is 9.69 Å². The minimum absolute atomic E-state index is 0.0184. The summed E-state index contributed by atoms with van der Waals surface area (Å²) in [5, 5.41) is 0.706. The summed E-state index contributed by atoms with van der Waals surface area (Å²) in [6.07, 6.45) is 2.69. The van der Waals surface area contributed by atoms with Crippen LogP contribution in [0.5, 0.6) is 5.75 Å². The summed E-state index contributed by atoms with van der Waals surface area (Å²) in [6, 6.07) is 25.9. The van der Waals surface area contributed by atoms with Crippen LogP contribution in [0.15, 0.2) is 88.8 Å². The number of aliphatic imine (C=N–C) groups is 1. The van der Waals surface area contributed by atoms with E-state index in [0.717, 1.165) is 29.0 Å². The molecular weight excluding hydrogens is 404 g/mol. The monoisotopic (exact) mass is 428 g/mol. The Kier molecular flexibility index (Phi) is 6.53. The molecule has 3 aromatic rings. The van der Waals surface area contributed by atoms with Crippen LogP contribution >= 0.6 is 11.8 Å². The molecule has 0 unspecified atom stereocenters. The Bertz CT molecular complexity index is 1120. The van der Waals surface area contributed by atoms with Gasteiger partial charge in [-0.15, -0.1) is 0 Å². The van der Waals surface area contributed by atoms with Crippen LogP contribution in [0.4, 0.5) is 5.69 Å². The maximum absolute atomic E-state index is 13.3. The molecule has 3 aromatic carbocycles. The van der Waals surface area contributed by atoms with Gasteiger partial charge in [0.2, 0.25) is 0 Å². The average molecular weight is 429 g/mol. The number of thioether (sulfide) groups is 1. The number of methoxy groups -OCH3 is 1. The molecule has 0 atom stereocenters. The Balaban J connectivity index is 1.64. The Labute approximate surface area is 187 Å². The van der Waals surface area contributed by atoms with Crippen molar-refractivity contribution < 1.29 is 9.53 Å². The molecule has 5 heteroatoms. The lowest BCUT2D eigenvalue weighted by Gasteiger charge is -2.15. The molecule has 1 heterocycles. The lowest BCUT2D eigenvalue weighted by Crippen LogP contribution is -2.31. The van der Waals surface area contributed by atoms with E-state index in [0.29, 0.717) is 16.6 Å². The third kappa shape index (κ3) is 5.06. The van der Waals surface area contributed by atoms with Gasteiger partial charge in [-0.25, -0.2) is 4.99 Å². The van der Waals surface area contributed by atoms with Gasteiger partial charge < -0.3 is 4.74 Å². The van der Waals surface area contributed by atoms with E-state index in [2.05, 4.69) is 12.1 Å². The highest BCUT2D eigenvalue weighted by Crippen LogP contribution is 2.35. The van der Waals surface area contributed by atoms with Crippen molar-refractivity contribution in [2.75, 3.05) is 13.7 Å². The highest BCUT2D eigenvalue weighted by molar-refractivity contribution is 8.18. The molecule has 1 saturated heterocycles. The lowest BCUT2D eigenvalue weighted by atomic mass is 10.1. The van der Waals surface area contributed by atoms with Crippen LogP contribution in [0.25, 0.3) is 6.08 Å². The fourth-order valence-electron chi connectivity index (χ4n) is 3.36. The zero-order valence-corrected chi connectivity index (χ0v) is 18.4. The van der Waals surface area contributed by atoms with Crippen molar-refractivity contribution in [1.82, 2.24) is 4.90 Å². The zero-order valence-electron chi connectivity index (χ0n) is 17.6. The SMILES string of the molecule is COc1cc(/C=C2/SC(=Nc3ccccc3)N(CCc3ccccc3)C2=O)ccc1C. The highest BCUT2D eigenvalue weighted by Gasteiger charge is 2.33. The van der Waals surface area contributed by atoms with E-state index in [1.54, 1.807) is 12.0 Å². The molecule has 0 bridgehead atoms. The van der Waals surface area contributed by atoms with E-state index >= 15 is 0 Å². The number of rotatable bonds is 6. The van der Waals surface area contributed by atoms with E-state index in [-0.39, 0.29) is 5.91 Å². The molecule has 1 aliphatic rings. The minimum atomic E-state index is -0.0184. The van der Waals surface area contributed by atoms with E-state index in [4.69, 9.17) is 9.73 Å². The van der Waals surface area contributed by atoms with Crippen LogP contribution in [-0.2, 0) is 11.2 Å². The summed E-state index contributed by atoms with van der Waals surface area (Å²) in [5.41, 5.74) is 4.02. The number of amides is 1. The fraction of sp³-hybridized carbons (Fsp3) is 0.154. The second-order valence-corrected chi connectivity index (χ2v) is 8.27. The first-order valence-corrected chi connectivity index (χ1v) is 11.0. The normalized spacial score (nSPS) is 16.3. The summed E-state index contributed by atoms with van der Waals surface area (Å²) in [5.74, 6) is 0.791. The van der Waals surface area contributed by atoms with Crippen molar-refractivity contribution in [3.63, 3.8) is 0 Å². The number of para-hydroxylation sites is 1. The molecule has 0 N–H and O–H groups in total. The number of benzene rings is 3. The number of ether oxygens (including phenoxy) is 1. The van der Waals surface area contributed by atoms with Gasteiger partial charge in [0, 0.05) is 6.54 Å². The molecule has 0 radical (unpaired) electrons. The van der Waals surface area contributed by atoms with Crippen LogP contribution in [0, 0.1) is 6.92 Å². The first-order valence-electron chi connectivity index (χ1n) is 10.2. The maximum atomic E-state index is 13.3. The van der Waals surface area contributed by atoms with Gasteiger partial charge in [0.05, 0.1) is 17.7 Å². The fourth-order valence-corrected chi connectivity index (χ4v) is 4.39. The molecule has 0 aromatic heterocycles. The molecule has 0 saturated carbocycles. The summed E-state index contributed by atoms with van der Waals surface area (Å²) in [4.78, 5) is 20.5. The van der Waals surface area contributed by atoms with Gasteiger partial charge in [-0.05, 0) is 66.1 Å². The summed E-state index contributed by atoms with van der Waals surface area (Å²) in [7, 11) is 1.66. The van der Waals surface area contributed by atoms with E-state index in [1.807, 2.05) is 79.7 Å². The Hall–Kier alpha value is -3.31. The van der Waals surface area contributed by atoms with Crippen molar-refractivity contribution in [3.05, 3.63) is 100 Å². The molecule has 156 valence electrons. The zero-order chi connectivity index (χ0) is 21.6.